The molecule has 2 heterocycles. The Morgan fingerprint density at radius 1 is 1.36 bits per heavy atom. The van der Waals surface area contributed by atoms with Crippen molar-refractivity contribution in [1.29, 1.82) is 0 Å². The Kier molecular flexibility index (Phi) is 4.65. The van der Waals surface area contributed by atoms with Crippen LogP contribution in [0.25, 0.3) is 0 Å². The summed E-state index contributed by atoms with van der Waals surface area (Å²) in [5.41, 5.74) is 0. The smallest absolute Gasteiger partial charge is 0.251 e. The number of amides is 1. The van der Waals surface area contributed by atoms with Gasteiger partial charge in [0.25, 0.3) is 5.91 Å². The molecule has 0 aromatic rings. The molecule has 0 spiro atoms. The standard InChI is InChI=1S/C9H16N2O2.ClH/c12-9(8-2-1-7-13-8)11-5-3-10-4-6-11;/h8,10H,1-7H2;1H. The first-order valence-corrected chi connectivity index (χ1v) is 4.99. The van der Waals surface area contributed by atoms with Crippen LogP contribution >= 0.6 is 12.4 Å². The fourth-order valence-electron chi connectivity index (χ4n) is 1.86. The average molecular weight is 221 g/mol. The molecule has 2 aliphatic heterocycles. The van der Waals surface area contributed by atoms with Gasteiger partial charge < -0.3 is 15.0 Å². The first-order chi connectivity index (χ1) is 6.38. The van der Waals surface area contributed by atoms with Gasteiger partial charge in [-0.1, -0.05) is 0 Å². The Bertz CT molecular complexity index is 189. The molecule has 0 radical (unpaired) electrons. The van der Waals surface area contributed by atoms with E-state index in [0.29, 0.717) is 0 Å². The molecule has 0 bridgehead atoms. The van der Waals surface area contributed by atoms with Crippen molar-refractivity contribution in [3.8, 4) is 0 Å². The summed E-state index contributed by atoms with van der Waals surface area (Å²) in [5.74, 6) is 0.194. The van der Waals surface area contributed by atoms with Gasteiger partial charge in [-0.3, -0.25) is 4.79 Å². The van der Waals surface area contributed by atoms with E-state index in [1.165, 1.54) is 0 Å². The van der Waals surface area contributed by atoms with Gasteiger partial charge in [0.1, 0.15) is 6.10 Å². The zero-order valence-corrected chi connectivity index (χ0v) is 9.02. The minimum Gasteiger partial charge on any atom is -0.368 e. The van der Waals surface area contributed by atoms with Gasteiger partial charge in [0, 0.05) is 32.8 Å². The van der Waals surface area contributed by atoms with E-state index in [4.69, 9.17) is 4.74 Å². The lowest BCUT2D eigenvalue weighted by molar-refractivity contribution is -0.141. The molecule has 1 amide bonds. The van der Waals surface area contributed by atoms with Crippen LogP contribution in [-0.2, 0) is 9.53 Å². The molecule has 2 saturated heterocycles. The van der Waals surface area contributed by atoms with Crippen LogP contribution in [0.3, 0.4) is 0 Å². The number of hydrogen-bond acceptors (Lipinski definition) is 3. The number of carbonyl (C=O) groups is 1. The zero-order valence-electron chi connectivity index (χ0n) is 8.20. The Balaban J connectivity index is 0.000000980. The monoisotopic (exact) mass is 220 g/mol. The van der Waals surface area contributed by atoms with Gasteiger partial charge in [-0.25, -0.2) is 0 Å². The number of hydrogen-bond donors (Lipinski definition) is 1. The highest BCUT2D eigenvalue weighted by atomic mass is 35.5. The Labute approximate surface area is 90.4 Å². The van der Waals surface area contributed by atoms with E-state index in [0.717, 1.165) is 45.6 Å². The molecule has 2 rings (SSSR count). The number of carbonyl (C=O) groups excluding carboxylic acids is 1. The summed E-state index contributed by atoms with van der Waals surface area (Å²) in [6, 6.07) is 0. The summed E-state index contributed by atoms with van der Waals surface area (Å²) in [4.78, 5) is 13.7. The molecule has 1 unspecified atom stereocenters. The molecular formula is C9H17ClN2O2. The number of rotatable bonds is 1. The molecular weight excluding hydrogens is 204 g/mol. The first-order valence-electron chi connectivity index (χ1n) is 4.99. The molecule has 1 atom stereocenters. The van der Waals surface area contributed by atoms with E-state index in [1.807, 2.05) is 4.90 Å². The molecule has 2 fully saturated rings. The van der Waals surface area contributed by atoms with Gasteiger partial charge in [0.05, 0.1) is 0 Å². The summed E-state index contributed by atoms with van der Waals surface area (Å²) >= 11 is 0. The normalized spacial score (nSPS) is 27.1. The molecule has 0 aromatic heterocycles. The highest BCUT2D eigenvalue weighted by molar-refractivity contribution is 5.85. The quantitative estimate of drug-likeness (QED) is 0.678. The minimum atomic E-state index is -0.141. The van der Waals surface area contributed by atoms with Crippen LogP contribution in [0.2, 0.25) is 0 Å². The van der Waals surface area contributed by atoms with Gasteiger partial charge >= 0.3 is 0 Å². The van der Waals surface area contributed by atoms with Gasteiger partial charge in [-0.15, -0.1) is 12.4 Å². The molecule has 0 aliphatic carbocycles. The molecule has 1 N–H and O–H groups in total. The number of nitrogens with zero attached hydrogens (tertiary/aromatic N) is 1. The maximum Gasteiger partial charge on any atom is 0.251 e. The van der Waals surface area contributed by atoms with Crippen molar-refractivity contribution in [2.24, 2.45) is 0 Å². The summed E-state index contributed by atoms with van der Waals surface area (Å²) in [6.07, 6.45) is 1.80. The third-order valence-corrected chi connectivity index (χ3v) is 2.63. The van der Waals surface area contributed by atoms with E-state index >= 15 is 0 Å². The van der Waals surface area contributed by atoms with Gasteiger partial charge in [-0.2, -0.15) is 0 Å². The minimum absolute atomic E-state index is 0. The molecule has 4 nitrogen and oxygen atoms in total. The van der Waals surface area contributed by atoms with Crippen LogP contribution in [0.1, 0.15) is 12.8 Å². The third kappa shape index (κ3) is 2.59. The second kappa shape index (κ2) is 5.53. The van der Waals surface area contributed by atoms with E-state index < -0.39 is 0 Å². The van der Waals surface area contributed by atoms with Crippen molar-refractivity contribution >= 4 is 18.3 Å². The lowest BCUT2D eigenvalue weighted by atomic mass is 10.2. The van der Waals surface area contributed by atoms with Crippen LogP contribution < -0.4 is 5.32 Å². The lowest BCUT2D eigenvalue weighted by Gasteiger charge is -2.29. The maximum absolute atomic E-state index is 11.8. The van der Waals surface area contributed by atoms with Crippen molar-refractivity contribution in [3.05, 3.63) is 0 Å². The maximum atomic E-state index is 11.8. The summed E-state index contributed by atoms with van der Waals surface area (Å²) < 4.78 is 5.36. The van der Waals surface area contributed by atoms with E-state index in [-0.39, 0.29) is 24.4 Å². The fraction of sp³-hybridized carbons (Fsp3) is 0.889. The molecule has 0 saturated carbocycles. The Morgan fingerprint density at radius 3 is 2.64 bits per heavy atom. The highest BCUT2D eigenvalue weighted by Gasteiger charge is 2.28. The number of piperazine rings is 1. The van der Waals surface area contributed by atoms with Gasteiger partial charge in [0.2, 0.25) is 0 Å². The highest BCUT2D eigenvalue weighted by Crippen LogP contribution is 2.14. The average Bonchev–Trinajstić information content (AvgIpc) is 2.71. The predicted octanol–water partition coefficient (Wildman–Crippen LogP) is 0.0190. The van der Waals surface area contributed by atoms with Crippen molar-refractivity contribution in [1.82, 2.24) is 10.2 Å². The van der Waals surface area contributed by atoms with Crippen molar-refractivity contribution in [2.75, 3.05) is 32.8 Å². The van der Waals surface area contributed by atoms with Crippen molar-refractivity contribution in [3.63, 3.8) is 0 Å². The summed E-state index contributed by atoms with van der Waals surface area (Å²) in [6.45, 7) is 4.25. The van der Waals surface area contributed by atoms with Crippen LogP contribution in [0.4, 0.5) is 0 Å². The molecule has 82 valence electrons. The SMILES string of the molecule is Cl.O=C(C1CCCO1)N1CCNCC1. The number of nitrogens with one attached hydrogen (secondary N) is 1. The first kappa shape index (κ1) is 11.8. The van der Waals surface area contributed by atoms with Gasteiger partial charge in [-0.05, 0) is 12.8 Å². The zero-order chi connectivity index (χ0) is 9.10. The van der Waals surface area contributed by atoms with Crippen molar-refractivity contribution in [2.45, 2.75) is 18.9 Å². The Hall–Kier alpha value is -0.320. The van der Waals surface area contributed by atoms with E-state index in [9.17, 15) is 4.79 Å². The fourth-order valence-corrected chi connectivity index (χ4v) is 1.86. The molecule has 2 aliphatic rings. The second-order valence-corrected chi connectivity index (χ2v) is 3.58. The van der Waals surface area contributed by atoms with Crippen LogP contribution in [-0.4, -0.2) is 49.7 Å². The molecule has 14 heavy (non-hydrogen) atoms. The number of halogens is 1. The summed E-state index contributed by atoms with van der Waals surface area (Å²) in [5, 5.41) is 3.23. The Morgan fingerprint density at radius 2 is 2.07 bits per heavy atom. The predicted molar refractivity (Wildman–Crippen MR) is 55.7 cm³/mol. The van der Waals surface area contributed by atoms with E-state index in [2.05, 4.69) is 5.32 Å². The van der Waals surface area contributed by atoms with Crippen LogP contribution in [0.15, 0.2) is 0 Å². The largest absolute Gasteiger partial charge is 0.368 e. The molecule has 0 aromatic carbocycles. The van der Waals surface area contributed by atoms with Crippen molar-refractivity contribution < 1.29 is 9.53 Å². The lowest BCUT2D eigenvalue weighted by Crippen LogP contribution is -2.49. The molecule has 5 heteroatoms. The topological polar surface area (TPSA) is 41.6 Å². The van der Waals surface area contributed by atoms with Gasteiger partial charge in [0.15, 0.2) is 0 Å². The van der Waals surface area contributed by atoms with Crippen LogP contribution in [0, 0.1) is 0 Å². The number of ether oxygens (including phenoxy) is 1. The third-order valence-electron chi connectivity index (χ3n) is 2.63. The summed E-state index contributed by atoms with van der Waals surface area (Å²) in [7, 11) is 0. The second-order valence-electron chi connectivity index (χ2n) is 3.58. The van der Waals surface area contributed by atoms with E-state index in [1.54, 1.807) is 0 Å². The van der Waals surface area contributed by atoms with Crippen LogP contribution in [0.5, 0.6) is 0 Å².